The van der Waals surface area contributed by atoms with Gasteiger partial charge in [0.15, 0.2) is 0 Å². The molecule has 0 radical (unpaired) electrons. The minimum Gasteiger partial charge on any atom is -0.268 e. The molecule has 18 heavy (non-hydrogen) atoms. The third-order valence-electron chi connectivity index (χ3n) is 2.71. The van der Waals surface area contributed by atoms with Gasteiger partial charge in [-0.1, -0.05) is 18.5 Å². The van der Waals surface area contributed by atoms with Crippen LogP contribution in [0.3, 0.4) is 0 Å². The van der Waals surface area contributed by atoms with E-state index in [9.17, 15) is 4.39 Å². The smallest absolute Gasteiger partial charge is 0.128 e. The third-order valence-corrected chi connectivity index (χ3v) is 3.51. The van der Waals surface area contributed by atoms with Crippen LogP contribution in [0, 0.1) is 5.82 Å². The van der Waals surface area contributed by atoms with Gasteiger partial charge in [-0.15, -0.1) is 11.6 Å². The first-order valence-electron chi connectivity index (χ1n) is 5.70. The molecular formula is C13H13Cl2FN2. The van der Waals surface area contributed by atoms with Crippen LogP contribution in [0.5, 0.6) is 0 Å². The lowest BCUT2D eigenvalue weighted by Crippen LogP contribution is -2.02. The molecule has 1 aromatic heterocycles. The van der Waals surface area contributed by atoms with E-state index in [1.807, 2.05) is 13.1 Å². The maximum absolute atomic E-state index is 13.6. The molecule has 2 nitrogen and oxygen atoms in total. The van der Waals surface area contributed by atoms with Crippen LogP contribution in [0.15, 0.2) is 30.6 Å². The van der Waals surface area contributed by atoms with Crippen LogP contribution in [-0.4, -0.2) is 9.78 Å². The number of alkyl halides is 1. The van der Waals surface area contributed by atoms with Crippen LogP contribution < -0.4 is 0 Å². The average molecular weight is 287 g/mol. The molecule has 2 aromatic rings. The fourth-order valence-corrected chi connectivity index (χ4v) is 2.01. The topological polar surface area (TPSA) is 17.8 Å². The zero-order valence-corrected chi connectivity index (χ0v) is 11.4. The highest BCUT2D eigenvalue weighted by Gasteiger charge is 2.09. The van der Waals surface area contributed by atoms with Crippen molar-refractivity contribution in [2.24, 2.45) is 0 Å². The third kappa shape index (κ3) is 3.03. The van der Waals surface area contributed by atoms with E-state index in [0.717, 1.165) is 12.0 Å². The van der Waals surface area contributed by atoms with Crippen molar-refractivity contribution in [1.82, 2.24) is 9.78 Å². The Morgan fingerprint density at radius 1 is 1.44 bits per heavy atom. The standard InChI is InChI=1S/C13H13Cl2FN2/c1-2-12(15)10-6-17-18(8-10)7-9-5-11(14)3-4-13(9)16/h3-6,8,12H,2,7H2,1H3. The van der Waals surface area contributed by atoms with E-state index in [0.29, 0.717) is 17.1 Å². The number of hydrogen-bond donors (Lipinski definition) is 0. The van der Waals surface area contributed by atoms with Gasteiger partial charge < -0.3 is 0 Å². The summed E-state index contributed by atoms with van der Waals surface area (Å²) in [4.78, 5) is 0. The van der Waals surface area contributed by atoms with Gasteiger partial charge in [0.05, 0.1) is 18.1 Å². The van der Waals surface area contributed by atoms with Gasteiger partial charge in [-0.3, -0.25) is 4.68 Å². The molecule has 0 N–H and O–H groups in total. The summed E-state index contributed by atoms with van der Waals surface area (Å²) in [5, 5.41) is 4.64. The maximum atomic E-state index is 13.6. The van der Waals surface area contributed by atoms with Gasteiger partial charge in [0.25, 0.3) is 0 Å². The quantitative estimate of drug-likeness (QED) is 0.761. The first kappa shape index (κ1) is 13.4. The highest BCUT2D eigenvalue weighted by Crippen LogP contribution is 2.23. The second-order valence-corrected chi connectivity index (χ2v) is 5.05. The zero-order valence-electron chi connectivity index (χ0n) is 9.91. The predicted octanol–water partition coefficient (Wildman–Crippen LogP) is 4.41. The summed E-state index contributed by atoms with van der Waals surface area (Å²) in [5.41, 5.74) is 1.46. The number of rotatable bonds is 4. The fraction of sp³-hybridized carbons (Fsp3) is 0.308. The van der Waals surface area contributed by atoms with Gasteiger partial charge >= 0.3 is 0 Å². The van der Waals surface area contributed by atoms with Crippen LogP contribution in [0.4, 0.5) is 4.39 Å². The Bertz CT molecular complexity index is 540. The SMILES string of the molecule is CCC(Cl)c1cnn(Cc2cc(Cl)ccc2F)c1. The summed E-state index contributed by atoms with van der Waals surface area (Å²) in [6, 6.07) is 4.50. The molecule has 5 heteroatoms. The largest absolute Gasteiger partial charge is 0.268 e. The van der Waals surface area contributed by atoms with Crippen LogP contribution >= 0.6 is 23.2 Å². The average Bonchev–Trinajstić information content (AvgIpc) is 2.81. The summed E-state index contributed by atoms with van der Waals surface area (Å²) in [6.07, 6.45) is 4.38. The Morgan fingerprint density at radius 2 is 2.22 bits per heavy atom. The molecule has 0 aliphatic rings. The van der Waals surface area contributed by atoms with Crippen LogP contribution in [0.1, 0.15) is 29.8 Å². The molecule has 0 fully saturated rings. The van der Waals surface area contributed by atoms with Crippen molar-refractivity contribution in [2.75, 3.05) is 0 Å². The summed E-state index contributed by atoms with van der Waals surface area (Å²) in [6.45, 7) is 2.35. The lowest BCUT2D eigenvalue weighted by molar-refractivity contribution is 0.585. The minimum atomic E-state index is -0.283. The monoisotopic (exact) mass is 286 g/mol. The molecule has 0 bridgehead atoms. The molecule has 0 saturated carbocycles. The van der Waals surface area contributed by atoms with Gasteiger partial charge in [0.2, 0.25) is 0 Å². The van der Waals surface area contributed by atoms with Gasteiger partial charge in [0.1, 0.15) is 5.82 Å². The van der Waals surface area contributed by atoms with E-state index < -0.39 is 0 Å². The van der Waals surface area contributed by atoms with Crippen LogP contribution in [0.2, 0.25) is 5.02 Å². The van der Waals surface area contributed by atoms with E-state index in [4.69, 9.17) is 23.2 Å². The Morgan fingerprint density at radius 3 is 2.94 bits per heavy atom. The molecule has 0 aliphatic heterocycles. The molecule has 1 unspecified atom stereocenters. The lowest BCUT2D eigenvalue weighted by Gasteiger charge is -2.04. The van der Waals surface area contributed by atoms with Gasteiger partial charge in [-0.05, 0) is 24.6 Å². The highest BCUT2D eigenvalue weighted by molar-refractivity contribution is 6.30. The van der Waals surface area contributed by atoms with Crippen molar-refractivity contribution in [3.8, 4) is 0 Å². The zero-order chi connectivity index (χ0) is 13.1. The summed E-state index contributed by atoms with van der Waals surface area (Å²) in [7, 11) is 0. The van der Waals surface area contributed by atoms with Gasteiger partial charge in [-0.2, -0.15) is 5.10 Å². The number of benzene rings is 1. The Balaban J connectivity index is 2.18. The van der Waals surface area contributed by atoms with Crippen molar-refractivity contribution in [1.29, 1.82) is 0 Å². The number of aromatic nitrogens is 2. The first-order chi connectivity index (χ1) is 8.60. The first-order valence-corrected chi connectivity index (χ1v) is 6.52. The van der Waals surface area contributed by atoms with Crippen molar-refractivity contribution in [3.63, 3.8) is 0 Å². The van der Waals surface area contributed by atoms with E-state index in [1.165, 1.54) is 12.1 Å². The molecule has 0 aliphatic carbocycles. The fourth-order valence-electron chi connectivity index (χ4n) is 1.70. The van der Waals surface area contributed by atoms with Crippen LogP contribution in [-0.2, 0) is 6.54 Å². The Labute approximate surface area is 115 Å². The molecule has 96 valence electrons. The van der Waals surface area contributed by atoms with E-state index in [1.54, 1.807) is 16.9 Å². The van der Waals surface area contributed by atoms with Gasteiger partial charge in [0, 0.05) is 22.3 Å². The Hall–Kier alpha value is -1.06. The van der Waals surface area contributed by atoms with E-state index in [-0.39, 0.29) is 11.2 Å². The molecule has 1 atom stereocenters. The molecule has 1 heterocycles. The molecule has 2 rings (SSSR count). The summed E-state index contributed by atoms with van der Waals surface area (Å²) < 4.78 is 15.2. The minimum absolute atomic E-state index is 0.0528. The normalized spacial score (nSPS) is 12.7. The van der Waals surface area contributed by atoms with Crippen molar-refractivity contribution in [3.05, 3.63) is 52.6 Å². The number of halogens is 3. The highest BCUT2D eigenvalue weighted by atomic mass is 35.5. The Kier molecular flexibility index (Phi) is 4.25. The second-order valence-electron chi connectivity index (χ2n) is 4.08. The molecular weight excluding hydrogens is 274 g/mol. The summed E-state index contributed by atoms with van der Waals surface area (Å²) in [5.74, 6) is -0.283. The molecule has 1 aromatic carbocycles. The van der Waals surface area contributed by atoms with E-state index >= 15 is 0 Å². The lowest BCUT2D eigenvalue weighted by atomic mass is 10.2. The number of hydrogen-bond acceptors (Lipinski definition) is 1. The van der Waals surface area contributed by atoms with Crippen LogP contribution in [0.25, 0.3) is 0 Å². The number of nitrogens with zero attached hydrogens (tertiary/aromatic N) is 2. The van der Waals surface area contributed by atoms with E-state index in [2.05, 4.69) is 5.10 Å². The van der Waals surface area contributed by atoms with Crippen molar-refractivity contribution < 1.29 is 4.39 Å². The van der Waals surface area contributed by atoms with Gasteiger partial charge in [-0.25, -0.2) is 4.39 Å². The molecule has 0 amide bonds. The predicted molar refractivity (Wildman–Crippen MR) is 71.6 cm³/mol. The van der Waals surface area contributed by atoms with Crippen molar-refractivity contribution >= 4 is 23.2 Å². The molecule has 0 spiro atoms. The summed E-state index contributed by atoms with van der Waals surface area (Å²) >= 11 is 12.0. The maximum Gasteiger partial charge on any atom is 0.128 e. The van der Waals surface area contributed by atoms with Crippen molar-refractivity contribution in [2.45, 2.75) is 25.3 Å². The second kappa shape index (κ2) is 5.72. The molecule has 0 saturated heterocycles.